The van der Waals surface area contributed by atoms with Crippen LogP contribution in [0.4, 0.5) is 0 Å². The molecule has 0 spiro atoms. The Bertz CT molecular complexity index is 709. The summed E-state index contributed by atoms with van der Waals surface area (Å²) in [4.78, 5) is 9.58. The first-order valence-electron chi connectivity index (χ1n) is 10.1. The summed E-state index contributed by atoms with van der Waals surface area (Å²) in [6, 6.07) is 5.10. The Kier molecular flexibility index (Phi) is 6.55. The fraction of sp³-hybridized carbons (Fsp3) is 0.700. The van der Waals surface area contributed by atoms with Gasteiger partial charge in [-0.3, -0.25) is 14.8 Å². The van der Waals surface area contributed by atoms with E-state index >= 15 is 0 Å². The van der Waals surface area contributed by atoms with Crippen molar-refractivity contribution in [2.75, 3.05) is 19.6 Å². The van der Waals surface area contributed by atoms with Crippen LogP contribution in [-0.2, 0) is 13.1 Å². The van der Waals surface area contributed by atoms with E-state index in [0.717, 1.165) is 44.2 Å². The first-order valence-corrected chi connectivity index (χ1v) is 10.1. The van der Waals surface area contributed by atoms with Gasteiger partial charge in [-0.25, -0.2) is 4.68 Å². The Morgan fingerprint density at radius 1 is 1.15 bits per heavy atom. The van der Waals surface area contributed by atoms with E-state index in [4.69, 9.17) is 0 Å². The van der Waals surface area contributed by atoms with Crippen molar-refractivity contribution in [3.05, 3.63) is 35.4 Å². The van der Waals surface area contributed by atoms with Crippen LogP contribution in [0.1, 0.15) is 57.2 Å². The van der Waals surface area contributed by atoms with E-state index in [9.17, 15) is 0 Å². The lowest BCUT2D eigenvalue weighted by Crippen LogP contribution is -2.54. The fourth-order valence-corrected chi connectivity index (χ4v) is 3.81. The molecule has 2 aromatic heterocycles. The summed E-state index contributed by atoms with van der Waals surface area (Å²) in [6.45, 7) is 15.9. The number of hydrogen-bond donors (Lipinski definition) is 0. The monoisotopic (exact) mass is 371 g/mol. The van der Waals surface area contributed by atoms with Gasteiger partial charge in [-0.2, -0.15) is 0 Å². The van der Waals surface area contributed by atoms with Crippen molar-refractivity contribution >= 4 is 0 Å². The predicted molar refractivity (Wildman–Crippen MR) is 106 cm³/mol. The van der Waals surface area contributed by atoms with Crippen LogP contribution < -0.4 is 0 Å². The summed E-state index contributed by atoms with van der Waals surface area (Å²) >= 11 is 0. The highest BCUT2D eigenvalue weighted by atomic mass is 15.6. The summed E-state index contributed by atoms with van der Waals surface area (Å²) in [6.07, 6.45) is 3.19. The van der Waals surface area contributed by atoms with Gasteiger partial charge in [0.1, 0.15) is 0 Å². The second-order valence-electron chi connectivity index (χ2n) is 8.10. The Balaban J connectivity index is 1.69. The van der Waals surface area contributed by atoms with Gasteiger partial charge in [0.15, 0.2) is 5.82 Å². The molecule has 1 aliphatic heterocycles. The third-order valence-electron chi connectivity index (χ3n) is 5.69. The minimum atomic E-state index is 0.285. The topological polar surface area (TPSA) is 63.0 Å². The molecule has 7 heteroatoms. The number of tetrazole rings is 1. The molecule has 3 heterocycles. The van der Waals surface area contributed by atoms with Crippen LogP contribution in [0, 0.1) is 12.8 Å². The van der Waals surface area contributed by atoms with Gasteiger partial charge in [-0.1, -0.05) is 26.3 Å². The smallest absolute Gasteiger partial charge is 0.165 e. The molecule has 148 valence electrons. The number of rotatable bonds is 7. The molecule has 1 fully saturated rings. The number of piperazine rings is 1. The first kappa shape index (κ1) is 19.9. The van der Waals surface area contributed by atoms with Crippen molar-refractivity contribution in [1.29, 1.82) is 0 Å². The largest absolute Gasteiger partial charge is 0.296 e. The van der Waals surface area contributed by atoms with Crippen LogP contribution in [0.25, 0.3) is 0 Å². The zero-order chi connectivity index (χ0) is 19.4. The van der Waals surface area contributed by atoms with Crippen LogP contribution in [0.2, 0.25) is 0 Å². The SMILES string of the molecule is CCC(C)C1CN(Cc2ccc(C)nc2)CCN1Cc1nnnn1C(C)C. The van der Waals surface area contributed by atoms with E-state index in [1.165, 1.54) is 12.0 Å². The van der Waals surface area contributed by atoms with Crippen molar-refractivity contribution < 1.29 is 0 Å². The first-order chi connectivity index (χ1) is 13.0. The molecular weight excluding hydrogens is 338 g/mol. The number of pyridine rings is 1. The van der Waals surface area contributed by atoms with E-state index in [1.807, 2.05) is 17.8 Å². The van der Waals surface area contributed by atoms with Crippen molar-refractivity contribution in [1.82, 2.24) is 35.0 Å². The Hall–Kier alpha value is -1.86. The van der Waals surface area contributed by atoms with Crippen LogP contribution in [0.15, 0.2) is 18.3 Å². The van der Waals surface area contributed by atoms with Crippen LogP contribution in [0.3, 0.4) is 0 Å². The lowest BCUT2D eigenvalue weighted by Gasteiger charge is -2.44. The molecule has 3 rings (SSSR count). The van der Waals surface area contributed by atoms with Gasteiger partial charge >= 0.3 is 0 Å². The molecule has 0 aliphatic carbocycles. The molecule has 0 radical (unpaired) electrons. The molecule has 27 heavy (non-hydrogen) atoms. The fourth-order valence-electron chi connectivity index (χ4n) is 3.81. The second kappa shape index (κ2) is 8.89. The van der Waals surface area contributed by atoms with Crippen LogP contribution in [-0.4, -0.2) is 60.7 Å². The van der Waals surface area contributed by atoms with Gasteiger partial charge in [0, 0.05) is 44.1 Å². The predicted octanol–water partition coefficient (Wildman–Crippen LogP) is 2.69. The molecule has 2 atom stereocenters. The third kappa shape index (κ3) is 4.90. The minimum absolute atomic E-state index is 0.285. The average molecular weight is 372 g/mol. The second-order valence-corrected chi connectivity index (χ2v) is 8.10. The summed E-state index contributed by atoms with van der Waals surface area (Å²) in [5.74, 6) is 1.60. The van der Waals surface area contributed by atoms with Crippen molar-refractivity contribution in [2.45, 2.75) is 66.2 Å². The molecular formula is C20H33N7. The lowest BCUT2D eigenvalue weighted by molar-refractivity contribution is 0.0325. The maximum absolute atomic E-state index is 4.44. The molecule has 0 saturated carbocycles. The zero-order valence-electron chi connectivity index (χ0n) is 17.3. The van der Waals surface area contributed by atoms with Crippen LogP contribution >= 0.6 is 0 Å². The quantitative estimate of drug-likeness (QED) is 0.746. The van der Waals surface area contributed by atoms with Gasteiger partial charge in [0.2, 0.25) is 0 Å². The van der Waals surface area contributed by atoms with Crippen molar-refractivity contribution in [2.24, 2.45) is 5.92 Å². The Morgan fingerprint density at radius 3 is 2.63 bits per heavy atom. The van der Waals surface area contributed by atoms with E-state index < -0.39 is 0 Å². The number of nitrogens with zero attached hydrogens (tertiary/aromatic N) is 7. The molecule has 0 amide bonds. The summed E-state index contributed by atoms with van der Waals surface area (Å²) in [5.41, 5.74) is 2.37. The maximum atomic E-state index is 4.44. The van der Waals surface area contributed by atoms with Gasteiger partial charge in [0.05, 0.1) is 12.6 Å². The molecule has 0 N–H and O–H groups in total. The van der Waals surface area contributed by atoms with Crippen molar-refractivity contribution in [3.8, 4) is 0 Å². The molecule has 0 aromatic carbocycles. The molecule has 1 aliphatic rings. The minimum Gasteiger partial charge on any atom is -0.296 e. The summed E-state index contributed by atoms with van der Waals surface area (Å²) < 4.78 is 1.94. The van der Waals surface area contributed by atoms with Crippen molar-refractivity contribution in [3.63, 3.8) is 0 Å². The molecule has 2 unspecified atom stereocenters. The summed E-state index contributed by atoms with van der Waals surface area (Å²) in [5, 5.41) is 12.3. The highest BCUT2D eigenvalue weighted by Crippen LogP contribution is 2.23. The zero-order valence-corrected chi connectivity index (χ0v) is 17.3. The molecule has 0 bridgehead atoms. The Labute approximate surface area is 162 Å². The average Bonchev–Trinajstić information content (AvgIpc) is 3.12. The van der Waals surface area contributed by atoms with Gasteiger partial charge in [-0.15, -0.1) is 5.10 Å². The Morgan fingerprint density at radius 2 is 1.96 bits per heavy atom. The van der Waals surface area contributed by atoms with Gasteiger partial charge in [-0.05, 0) is 48.7 Å². The normalized spacial score (nSPS) is 20.3. The summed E-state index contributed by atoms with van der Waals surface area (Å²) in [7, 11) is 0. The number of aryl methyl sites for hydroxylation is 1. The highest BCUT2D eigenvalue weighted by Gasteiger charge is 2.31. The maximum Gasteiger partial charge on any atom is 0.165 e. The van der Waals surface area contributed by atoms with Gasteiger partial charge in [0.25, 0.3) is 0 Å². The third-order valence-corrected chi connectivity index (χ3v) is 5.69. The van der Waals surface area contributed by atoms with E-state index in [2.05, 4.69) is 70.1 Å². The standard InChI is InChI=1S/C20H33N7/c1-6-16(4)19-13-25(12-18-8-7-17(5)21-11-18)9-10-26(19)14-20-22-23-24-27(20)15(2)3/h7-8,11,15-16,19H,6,9-10,12-14H2,1-5H3. The highest BCUT2D eigenvalue weighted by molar-refractivity contribution is 5.13. The molecule has 7 nitrogen and oxygen atoms in total. The number of aromatic nitrogens is 5. The lowest BCUT2D eigenvalue weighted by atomic mass is 9.95. The van der Waals surface area contributed by atoms with E-state index in [1.54, 1.807) is 0 Å². The molecule has 2 aromatic rings. The molecule has 1 saturated heterocycles. The van der Waals surface area contributed by atoms with Crippen LogP contribution in [0.5, 0.6) is 0 Å². The number of hydrogen-bond acceptors (Lipinski definition) is 6. The van der Waals surface area contributed by atoms with E-state index in [-0.39, 0.29) is 6.04 Å². The van der Waals surface area contributed by atoms with Gasteiger partial charge < -0.3 is 0 Å². The van der Waals surface area contributed by atoms with E-state index in [0.29, 0.717) is 12.0 Å².